The molecular formula is C12H18FNS. The smallest absolute Gasteiger partial charge is 0.136 e. The fraction of sp³-hybridized carbons (Fsp3) is 0.500. The van der Waals surface area contributed by atoms with E-state index in [1.807, 2.05) is 12.1 Å². The Morgan fingerprint density at radius 2 is 1.93 bits per heavy atom. The van der Waals surface area contributed by atoms with Crippen molar-refractivity contribution in [2.75, 3.05) is 6.54 Å². The molecule has 1 aromatic carbocycles. The summed E-state index contributed by atoms with van der Waals surface area (Å²) >= 11 is 1.57. The fourth-order valence-corrected chi connectivity index (χ4v) is 2.15. The number of rotatable bonds is 5. The van der Waals surface area contributed by atoms with E-state index in [0.29, 0.717) is 11.3 Å². The van der Waals surface area contributed by atoms with Crippen LogP contribution >= 0.6 is 11.8 Å². The van der Waals surface area contributed by atoms with Crippen molar-refractivity contribution in [2.45, 2.75) is 37.0 Å². The molecule has 15 heavy (non-hydrogen) atoms. The minimum atomic E-state index is -0.126. The summed E-state index contributed by atoms with van der Waals surface area (Å²) in [5.41, 5.74) is 0. The minimum absolute atomic E-state index is 0.126. The van der Waals surface area contributed by atoms with Gasteiger partial charge in [0, 0.05) is 22.7 Å². The fourth-order valence-electron chi connectivity index (χ4n) is 1.20. The molecule has 1 N–H and O–H groups in total. The maximum absolute atomic E-state index is 13.3. The number of hydrogen-bond donors (Lipinski definition) is 1. The maximum atomic E-state index is 13.3. The highest BCUT2D eigenvalue weighted by Gasteiger charge is 2.08. The number of thioether (sulfide) groups is 1. The zero-order valence-corrected chi connectivity index (χ0v) is 10.3. The van der Waals surface area contributed by atoms with E-state index in [0.717, 1.165) is 11.4 Å². The lowest BCUT2D eigenvalue weighted by atomic mass is 10.3. The zero-order chi connectivity index (χ0) is 11.3. The van der Waals surface area contributed by atoms with Crippen LogP contribution in [0.3, 0.4) is 0 Å². The van der Waals surface area contributed by atoms with Gasteiger partial charge >= 0.3 is 0 Å². The van der Waals surface area contributed by atoms with E-state index >= 15 is 0 Å². The summed E-state index contributed by atoms with van der Waals surface area (Å²) in [7, 11) is 0. The summed E-state index contributed by atoms with van der Waals surface area (Å²) in [4.78, 5) is 0.732. The van der Waals surface area contributed by atoms with Gasteiger partial charge in [-0.15, -0.1) is 11.8 Å². The average Bonchev–Trinajstić information content (AvgIpc) is 2.18. The van der Waals surface area contributed by atoms with Crippen LogP contribution in [0.2, 0.25) is 0 Å². The molecule has 0 aromatic heterocycles. The lowest BCUT2D eigenvalue weighted by molar-refractivity contribution is 0.585. The molecule has 0 bridgehead atoms. The largest absolute Gasteiger partial charge is 0.313 e. The van der Waals surface area contributed by atoms with Crippen molar-refractivity contribution >= 4 is 11.8 Å². The average molecular weight is 227 g/mol. The quantitative estimate of drug-likeness (QED) is 0.775. The second-order valence-electron chi connectivity index (χ2n) is 3.92. The topological polar surface area (TPSA) is 12.0 Å². The third-order valence-electron chi connectivity index (χ3n) is 1.98. The van der Waals surface area contributed by atoms with Crippen LogP contribution < -0.4 is 5.32 Å². The Morgan fingerprint density at radius 1 is 1.27 bits per heavy atom. The molecule has 0 fully saturated rings. The predicted molar refractivity (Wildman–Crippen MR) is 64.9 cm³/mol. The van der Waals surface area contributed by atoms with Crippen molar-refractivity contribution in [1.82, 2.24) is 5.32 Å². The van der Waals surface area contributed by atoms with Crippen LogP contribution in [0.4, 0.5) is 4.39 Å². The van der Waals surface area contributed by atoms with Gasteiger partial charge in [-0.3, -0.25) is 0 Å². The van der Waals surface area contributed by atoms with E-state index in [2.05, 4.69) is 26.1 Å². The molecule has 3 heteroatoms. The third-order valence-corrected chi connectivity index (χ3v) is 3.13. The van der Waals surface area contributed by atoms with Gasteiger partial charge in [-0.1, -0.05) is 32.9 Å². The van der Waals surface area contributed by atoms with Gasteiger partial charge in [-0.2, -0.15) is 0 Å². The Bertz CT molecular complexity index is 301. The summed E-state index contributed by atoms with van der Waals surface area (Å²) in [6.45, 7) is 7.23. The van der Waals surface area contributed by atoms with E-state index in [4.69, 9.17) is 0 Å². The normalized spacial score (nSPS) is 13.1. The SMILES string of the molecule is CC(C)NCC(C)Sc1ccccc1F. The lowest BCUT2D eigenvalue weighted by Gasteiger charge is -2.14. The van der Waals surface area contributed by atoms with Gasteiger partial charge in [-0.25, -0.2) is 4.39 Å². The molecule has 0 aliphatic rings. The Kier molecular flexibility index (Phi) is 5.12. The second kappa shape index (κ2) is 6.13. The van der Waals surface area contributed by atoms with Gasteiger partial charge in [0.15, 0.2) is 0 Å². The maximum Gasteiger partial charge on any atom is 0.136 e. The molecule has 0 aliphatic heterocycles. The van der Waals surface area contributed by atoms with Crippen molar-refractivity contribution in [1.29, 1.82) is 0 Å². The monoisotopic (exact) mass is 227 g/mol. The molecule has 0 saturated carbocycles. The first-order valence-corrected chi connectivity index (χ1v) is 6.12. The highest BCUT2D eigenvalue weighted by molar-refractivity contribution is 8.00. The van der Waals surface area contributed by atoms with E-state index in [1.54, 1.807) is 17.8 Å². The molecule has 1 atom stereocenters. The molecule has 0 heterocycles. The Morgan fingerprint density at radius 3 is 2.53 bits per heavy atom. The molecule has 1 aromatic rings. The van der Waals surface area contributed by atoms with Crippen molar-refractivity contribution < 1.29 is 4.39 Å². The van der Waals surface area contributed by atoms with Crippen LogP contribution in [0.25, 0.3) is 0 Å². The van der Waals surface area contributed by atoms with Gasteiger partial charge in [0.1, 0.15) is 5.82 Å². The van der Waals surface area contributed by atoms with Crippen LogP contribution in [0.15, 0.2) is 29.2 Å². The third kappa shape index (κ3) is 4.67. The summed E-state index contributed by atoms with van der Waals surface area (Å²) < 4.78 is 13.3. The number of nitrogens with one attached hydrogen (secondary N) is 1. The molecule has 1 unspecified atom stereocenters. The van der Waals surface area contributed by atoms with Gasteiger partial charge in [0.2, 0.25) is 0 Å². The molecule has 1 rings (SSSR count). The molecular weight excluding hydrogens is 209 g/mol. The summed E-state index contributed by atoms with van der Waals surface area (Å²) in [5, 5.41) is 3.72. The van der Waals surface area contributed by atoms with Crippen LogP contribution in [-0.2, 0) is 0 Å². The molecule has 84 valence electrons. The number of halogens is 1. The summed E-state index contributed by atoms with van der Waals surface area (Å²) in [6, 6.07) is 7.40. The predicted octanol–water partition coefficient (Wildman–Crippen LogP) is 3.30. The van der Waals surface area contributed by atoms with E-state index in [1.165, 1.54) is 6.07 Å². The van der Waals surface area contributed by atoms with Gasteiger partial charge in [0.25, 0.3) is 0 Å². The van der Waals surface area contributed by atoms with Crippen LogP contribution in [0.5, 0.6) is 0 Å². The first kappa shape index (κ1) is 12.5. The number of hydrogen-bond acceptors (Lipinski definition) is 2. The Labute approximate surface area is 95.5 Å². The standard InChI is InChI=1S/C12H18FNS/c1-9(2)14-8-10(3)15-12-7-5-4-6-11(12)13/h4-7,9-10,14H,8H2,1-3H3. The first-order valence-electron chi connectivity index (χ1n) is 5.24. The Balaban J connectivity index is 2.44. The van der Waals surface area contributed by atoms with Crippen LogP contribution in [-0.4, -0.2) is 17.8 Å². The van der Waals surface area contributed by atoms with Crippen LogP contribution in [0.1, 0.15) is 20.8 Å². The molecule has 1 nitrogen and oxygen atoms in total. The van der Waals surface area contributed by atoms with Gasteiger partial charge < -0.3 is 5.32 Å². The highest BCUT2D eigenvalue weighted by Crippen LogP contribution is 2.25. The summed E-state index contributed by atoms with van der Waals surface area (Å²) in [5.74, 6) is -0.126. The van der Waals surface area contributed by atoms with Crippen molar-refractivity contribution in [3.8, 4) is 0 Å². The first-order chi connectivity index (χ1) is 7.09. The minimum Gasteiger partial charge on any atom is -0.313 e. The lowest BCUT2D eigenvalue weighted by Crippen LogP contribution is -2.29. The van der Waals surface area contributed by atoms with Crippen LogP contribution in [0, 0.1) is 5.82 Å². The molecule has 0 aliphatic carbocycles. The second-order valence-corrected chi connectivity index (χ2v) is 5.40. The Hall–Kier alpha value is -0.540. The molecule has 0 saturated heterocycles. The molecule has 0 radical (unpaired) electrons. The van der Waals surface area contributed by atoms with Gasteiger partial charge in [-0.05, 0) is 12.1 Å². The van der Waals surface area contributed by atoms with E-state index < -0.39 is 0 Å². The van der Waals surface area contributed by atoms with Crippen molar-refractivity contribution in [3.63, 3.8) is 0 Å². The van der Waals surface area contributed by atoms with E-state index in [9.17, 15) is 4.39 Å². The molecule has 0 spiro atoms. The van der Waals surface area contributed by atoms with E-state index in [-0.39, 0.29) is 5.82 Å². The highest BCUT2D eigenvalue weighted by atomic mass is 32.2. The van der Waals surface area contributed by atoms with Gasteiger partial charge in [0.05, 0.1) is 0 Å². The number of benzene rings is 1. The summed E-state index contributed by atoms with van der Waals surface area (Å²) in [6.07, 6.45) is 0. The van der Waals surface area contributed by atoms with Crippen molar-refractivity contribution in [2.24, 2.45) is 0 Å². The zero-order valence-electron chi connectivity index (χ0n) is 9.46. The molecule has 0 amide bonds. The van der Waals surface area contributed by atoms with Crippen molar-refractivity contribution in [3.05, 3.63) is 30.1 Å².